The number of rotatable bonds is 1. The van der Waals surface area contributed by atoms with Crippen LogP contribution in [0.5, 0.6) is 11.5 Å². The van der Waals surface area contributed by atoms with E-state index in [0.29, 0.717) is 25.0 Å². The maximum Gasteiger partial charge on any atom is 0.342 e. The van der Waals surface area contributed by atoms with Gasteiger partial charge in [-0.15, -0.1) is 0 Å². The number of cyclic esters (lactones) is 1. The molecule has 7 heteroatoms. The van der Waals surface area contributed by atoms with Crippen LogP contribution in [-0.4, -0.2) is 40.6 Å². The number of benzene rings is 1. The average Bonchev–Trinajstić information content (AvgIpc) is 2.69. The maximum atomic E-state index is 13.3. The lowest BCUT2D eigenvalue weighted by Gasteiger charge is -2.63. The lowest BCUT2D eigenvalue weighted by Crippen LogP contribution is -2.65. The van der Waals surface area contributed by atoms with E-state index in [2.05, 4.69) is 13.8 Å². The Morgan fingerprint density at radius 1 is 1.12 bits per heavy atom. The van der Waals surface area contributed by atoms with Crippen molar-refractivity contribution in [3.8, 4) is 11.5 Å². The molecule has 34 heavy (non-hydrogen) atoms. The van der Waals surface area contributed by atoms with Gasteiger partial charge in [-0.05, 0) is 62.0 Å². The summed E-state index contributed by atoms with van der Waals surface area (Å²) in [4.78, 5) is 37.8. The van der Waals surface area contributed by atoms with E-state index in [1.807, 2.05) is 20.8 Å². The van der Waals surface area contributed by atoms with Crippen LogP contribution in [0.1, 0.15) is 82.3 Å². The van der Waals surface area contributed by atoms with Gasteiger partial charge in [0, 0.05) is 30.7 Å². The Hall–Kier alpha value is -2.57. The molecular weight excluding hydrogens is 436 g/mol. The average molecular weight is 471 g/mol. The summed E-state index contributed by atoms with van der Waals surface area (Å²) in [6, 6.07) is 1.55. The molecule has 0 spiro atoms. The first-order valence-corrected chi connectivity index (χ1v) is 12.3. The molecule has 2 heterocycles. The Balaban J connectivity index is 1.62. The highest BCUT2D eigenvalue weighted by Gasteiger charge is 2.65. The minimum absolute atomic E-state index is 0.00946. The number of phenolic OH excluding ortho intramolecular Hbond substituents is 1. The fraction of sp³-hybridized carbons (Fsp3) is 0.667. The van der Waals surface area contributed by atoms with Gasteiger partial charge in [-0.25, -0.2) is 4.79 Å². The molecular formula is C27H34O7. The van der Waals surface area contributed by atoms with Gasteiger partial charge in [-0.2, -0.15) is 0 Å². The molecule has 5 rings (SSSR count). The minimum atomic E-state index is -0.777. The van der Waals surface area contributed by atoms with Gasteiger partial charge in [0.25, 0.3) is 0 Å². The zero-order valence-corrected chi connectivity index (χ0v) is 20.8. The number of fused-ring (bicyclic) bond motifs is 6. The molecule has 0 bridgehead atoms. The van der Waals surface area contributed by atoms with Crippen LogP contribution in [0.25, 0.3) is 0 Å². The number of esters is 2. The van der Waals surface area contributed by atoms with Crippen molar-refractivity contribution < 1.29 is 33.7 Å². The number of carbonyl (C=O) groups excluding carboxylic acids is 3. The Morgan fingerprint density at radius 2 is 1.82 bits per heavy atom. The highest BCUT2D eigenvalue weighted by atomic mass is 16.6. The Morgan fingerprint density at radius 3 is 2.50 bits per heavy atom. The molecule has 2 fully saturated rings. The van der Waals surface area contributed by atoms with Gasteiger partial charge >= 0.3 is 11.9 Å². The molecule has 184 valence electrons. The van der Waals surface area contributed by atoms with E-state index in [1.54, 1.807) is 6.07 Å². The van der Waals surface area contributed by atoms with Crippen LogP contribution in [0.3, 0.4) is 0 Å². The predicted octanol–water partition coefficient (Wildman–Crippen LogP) is 4.15. The van der Waals surface area contributed by atoms with Crippen molar-refractivity contribution in [2.24, 2.45) is 22.7 Å². The lowest BCUT2D eigenvalue weighted by molar-refractivity contribution is -0.196. The summed E-state index contributed by atoms with van der Waals surface area (Å²) in [6.07, 6.45) is 2.18. The summed E-state index contributed by atoms with van der Waals surface area (Å²) in [7, 11) is 0. The zero-order valence-electron chi connectivity index (χ0n) is 20.8. The summed E-state index contributed by atoms with van der Waals surface area (Å²) in [5, 5.41) is 10.6. The fourth-order valence-corrected chi connectivity index (χ4v) is 7.82. The number of ketones is 1. The third kappa shape index (κ3) is 3.11. The molecule has 2 aliphatic heterocycles. The van der Waals surface area contributed by atoms with Crippen LogP contribution in [0.4, 0.5) is 0 Å². The van der Waals surface area contributed by atoms with Crippen molar-refractivity contribution in [3.63, 3.8) is 0 Å². The molecule has 6 atom stereocenters. The molecule has 1 N–H and O–H groups in total. The van der Waals surface area contributed by atoms with Crippen molar-refractivity contribution in [1.29, 1.82) is 0 Å². The third-order valence-corrected chi connectivity index (χ3v) is 9.23. The monoisotopic (exact) mass is 470 g/mol. The third-order valence-electron chi connectivity index (χ3n) is 9.23. The Labute approximate surface area is 200 Å². The topological polar surface area (TPSA) is 99.1 Å². The molecule has 0 unspecified atom stereocenters. The SMILES string of the molecule is CC(=O)O[C@H]1C[C@]2(C)[C@H]3Cc4c(cc(O)c5c4C[C@H](C)OC5=O)O[C@@]3(C)CC[C@H]2C(C)(C)C1=O. The molecule has 0 aromatic heterocycles. The maximum absolute atomic E-state index is 13.3. The van der Waals surface area contributed by atoms with Crippen LogP contribution >= 0.6 is 0 Å². The Kier molecular flexibility index (Phi) is 4.92. The second-order valence-corrected chi connectivity index (χ2v) is 11.8. The van der Waals surface area contributed by atoms with Crippen molar-refractivity contribution in [1.82, 2.24) is 0 Å². The highest BCUT2D eigenvalue weighted by molar-refractivity contribution is 5.96. The van der Waals surface area contributed by atoms with Gasteiger partial charge < -0.3 is 19.3 Å². The van der Waals surface area contributed by atoms with Crippen LogP contribution < -0.4 is 4.74 Å². The number of aromatic hydroxyl groups is 1. The van der Waals surface area contributed by atoms with Crippen molar-refractivity contribution in [2.75, 3.05) is 0 Å². The van der Waals surface area contributed by atoms with E-state index >= 15 is 0 Å². The van der Waals surface area contributed by atoms with Crippen LogP contribution in [0.15, 0.2) is 6.07 Å². The lowest BCUT2D eigenvalue weighted by atomic mass is 9.43. The molecule has 0 saturated heterocycles. The van der Waals surface area contributed by atoms with E-state index in [9.17, 15) is 19.5 Å². The van der Waals surface area contributed by atoms with Crippen molar-refractivity contribution in [2.45, 2.75) is 91.5 Å². The number of phenols is 1. The molecule has 1 aromatic rings. The van der Waals surface area contributed by atoms with Gasteiger partial charge in [0.1, 0.15) is 28.8 Å². The summed E-state index contributed by atoms with van der Waals surface area (Å²) in [5.41, 5.74) is 0.513. The van der Waals surface area contributed by atoms with E-state index in [-0.39, 0.29) is 40.5 Å². The molecule has 2 aliphatic carbocycles. The number of hydrogen-bond acceptors (Lipinski definition) is 7. The van der Waals surface area contributed by atoms with E-state index in [0.717, 1.165) is 24.0 Å². The standard InChI is InChI=1S/C27H34O7/c1-13-9-16-15-10-21-26(5)12-19(33-14(2)28)23(30)25(3,4)20(26)7-8-27(21,6)34-18(15)11-17(29)22(16)24(31)32-13/h11,13,19-21,29H,7-10,12H2,1-6H3/t13-,19-,20-,21+,26-,27-/m0/s1. The summed E-state index contributed by atoms with van der Waals surface area (Å²) in [6.45, 7) is 11.5. The van der Waals surface area contributed by atoms with Crippen LogP contribution in [0, 0.1) is 22.7 Å². The van der Waals surface area contributed by atoms with Crippen LogP contribution in [-0.2, 0) is 31.9 Å². The highest BCUT2D eigenvalue weighted by Crippen LogP contribution is 2.64. The quantitative estimate of drug-likeness (QED) is 0.616. The number of ether oxygens (including phenoxy) is 3. The van der Waals surface area contributed by atoms with E-state index in [1.165, 1.54) is 6.92 Å². The second-order valence-electron chi connectivity index (χ2n) is 11.8. The predicted molar refractivity (Wildman–Crippen MR) is 123 cm³/mol. The second kappa shape index (κ2) is 7.22. The molecule has 4 aliphatic rings. The van der Waals surface area contributed by atoms with Gasteiger partial charge in [-0.1, -0.05) is 20.8 Å². The molecule has 0 radical (unpaired) electrons. The summed E-state index contributed by atoms with van der Waals surface area (Å²) < 4.78 is 17.6. The molecule has 7 nitrogen and oxygen atoms in total. The summed E-state index contributed by atoms with van der Waals surface area (Å²) >= 11 is 0. The first-order valence-electron chi connectivity index (χ1n) is 12.3. The fourth-order valence-electron chi connectivity index (χ4n) is 7.82. The van der Waals surface area contributed by atoms with Gasteiger partial charge in [0.2, 0.25) is 0 Å². The smallest absolute Gasteiger partial charge is 0.342 e. The van der Waals surface area contributed by atoms with Crippen molar-refractivity contribution >= 4 is 17.7 Å². The first-order chi connectivity index (χ1) is 15.8. The summed E-state index contributed by atoms with van der Waals surface area (Å²) in [5.74, 6) is -0.289. The molecule has 2 saturated carbocycles. The largest absolute Gasteiger partial charge is 0.507 e. The number of carbonyl (C=O) groups is 3. The van der Waals surface area contributed by atoms with Gasteiger partial charge in [0.15, 0.2) is 11.9 Å². The Bertz CT molecular complexity index is 1100. The molecule has 0 amide bonds. The van der Waals surface area contributed by atoms with Crippen molar-refractivity contribution in [3.05, 3.63) is 22.8 Å². The van der Waals surface area contributed by atoms with Crippen LogP contribution in [0.2, 0.25) is 0 Å². The molecule has 1 aromatic carbocycles. The van der Waals surface area contributed by atoms with Gasteiger partial charge in [-0.3, -0.25) is 9.59 Å². The normalized spacial score (nSPS) is 37.8. The number of Topliss-reactive ketones (excluding diaryl/α,β-unsaturated/α-hetero) is 1. The first kappa shape index (κ1) is 23.2. The van der Waals surface area contributed by atoms with E-state index in [4.69, 9.17) is 14.2 Å². The van der Waals surface area contributed by atoms with E-state index < -0.39 is 29.1 Å². The number of hydrogen-bond donors (Lipinski definition) is 1. The minimum Gasteiger partial charge on any atom is -0.507 e. The van der Waals surface area contributed by atoms with Gasteiger partial charge in [0.05, 0.1) is 0 Å². The zero-order chi connectivity index (χ0) is 24.8.